The molecule has 146 valence electrons. The summed E-state index contributed by atoms with van der Waals surface area (Å²) < 4.78 is 0. The van der Waals surface area contributed by atoms with Crippen LogP contribution in [0.5, 0.6) is 0 Å². The Morgan fingerprint density at radius 2 is 1.10 bits per heavy atom. The molecule has 5 aromatic rings. The molecule has 3 aromatic heterocycles. The fourth-order valence-electron chi connectivity index (χ4n) is 3.43. The van der Waals surface area contributed by atoms with E-state index in [4.69, 9.17) is 4.98 Å². The van der Waals surface area contributed by atoms with Gasteiger partial charge in [0, 0.05) is 34.5 Å². The molecule has 0 aliphatic heterocycles. The Bertz CT molecular complexity index is 1190. The molecule has 30 heavy (non-hydrogen) atoms. The van der Waals surface area contributed by atoms with Crippen LogP contribution in [0.3, 0.4) is 0 Å². The predicted molar refractivity (Wildman–Crippen MR) is 122 cm³/mol. The summed E-state index contributed by atoms with van der Waals surface area (Å²) in [5.74, 6) is 0. The molecule has 2 N–H and O–H groups in total. The Balaban J connectivity index is 1.38. The van der Waals surface area contributed by atoms with Crippen molar-refractivity contribution in [1.29, 1.82) is 0 Å². The van der Waals surface area contributed by atoms with Gasteiger partial charge in [-0.15, -0.1) is 0 Å². The molecular weight excluding hydrogens is 370 g/mol. The van der Waals surface area contributed by atoms with Gasteiger partial charge in [0.1, 0.15) is 0 Å². The van der Waals surface area contributed by atoms with E-state index >= 15 is 0 Å². The van der Waals surface area contributed by atoms with Crippen LogP contribution in [0, 0.1) is 0 Å². The smallest absolute Gasteiger partial charge is 0.0730 e. The standard InChI is InChI=1S/C25H21N5/c1-3-11-26-22(5-1)16-28-20-9-7-18-13-19-8-10-21(15-25(19)30-24(18)14-20)29-17-23-6-2-4-12-27-23/h1-15,28-29H,16-17H2. The van der Waals surface area contributed by atoms with E-state index in [1.54, 1.807) is 0 Å². The zero-order valence-electron chi connectivity index (χ0n) is 16.4. The highest BCUT2D eigenvalue weighted by Gasteiger charge is 2.04. The average Bonchev–Trinajstić information content (AvgIpc) is 2.81. The van der Waals surface area contributed by atoms with Crippen LogP contribution in [0.1, 0.15) is 11.4 Å². The third kappa shape index (κ3) is 4.05. The molecule has 0 saturated carbocycles. The molecule has 0 radical (unpaired) electrons. The van der Waals surface area contributed by atoms with E-state index in [2.05, 4.69) is 63.1 Å². The van der Waals surface area contributed by atoms with E-state index < -0.39 is 0 Å². The van der Waals surface area contributed by atoms with Crippen LogP contribution >= 0.6 is 0 Å². The van der Waals surface area contributed by atoms with Crippen molar-refractivity contribution in [3.8, 4) is 0 Å². The first-order valence-corrected chi connectivity index (χ1v) is 9.96. The van der Waals surface area contributed by atoms with E-state index in [0.29, 0.717) is 13.1 Å². The monoisotopic (exact) mass is 391 g/mol. The van der Waals surface area contributed by atoms with Crippen molar-refractivity contribution in [3.63, 3.8) is 0 Å². The number of hydrogen-bond acceptors (Lipinski definition) is 5. The maximum Gasteiger partial charge on any atom is 0.0730 e. The number of fused-ring (bicyclic) bond motifs is 2. The Kier molecular flexibility index (Phi) is 4.92. The number of benzene rings is 2. The summed E-state index contributed by atoms with van der Waals surface area (Å²) in [6.07, 6.45) is 3.62. The summed E-state index contributed by atoms with van der Waals surface area (Å²) in [5, 5.41) is 9.11. The summed E-state index contributed by atoms with van der Waals surface area (Å²) in [6, 6.07) is 26.6. The molecule has 5 rings (SSSR count). The number of pyridine rings is 3. The second kappa shape index (κ2) is 8.17. The zero-order valence-corrected chi connectivity index (χ0v) is 16.4. The Hall–Kier alpha value is -3.99. The molecule has 5 nitrogen and oxygen atoms in total. The van der Waals surface area contributed by atoms with E-state index in [-0.39, 0.29) is 0 Å². The van der Waals surface area contributed by atoms with Crippen molar-refractivity contribution in [2.75, 3.05) is 10.6 Å². The number of rotatable bonds is 6. The maximum atomic E-state index is 4.90. The molecule has 3 heterocycles. The molecule has 0 spiro atoms. The van der Waals surface area contributed by atoms with E-state index in [9.17, 15) is 0 Å². The van der Waals surface area contributed by atoms with Gasteiger partial charge in [-0.2, -0.15) is 0 Å². The minimum atomic E-state index is 0.682. The van der Waals surface area contributed by atoms with Gasteiger partial charge in [0.05, 0.1) is 35.5 Å². The Labute approximate surface area is 174 Å². The van der Waals surface area contributed by atoms with E-state index in [0.717, 1.165) is 44.6 Å². The topological polar surface area (TPSA) is 62.7 Å². The van der Waals surface area contributed by atoms with Crippen molar-refractivity contribution < 1.29 is 0 Å². The first-order chi connectivity index (χ1) is 14.8. The number of anilines is 2. The summed E-state index contributed by atoms with van der Waals surface area (Å²) in [6.45, 7) is 1.36. The van der Waals surface area contributed by atoms with Gasteiger partial charge in [0.15, 0.2) is 0 Å². The van der Waals surface area contributed by atoms with E-state index in [1.165, 1.54) is 0 Å². The van der Waals surface area contributed by atoms with Crippen LogP contribution in [0.2, 0.25) is 0 Å². The minimum Gasteiger partial charge on any atom is -0.379 e. The third-order valence-electron chi connectivity index (χ3n) is 5.01. The molecule has 0 unspecified atom stereocenters. The van der Waals surface area contributed by atoms with Crippen molar-refractivity contribution in [1.82, 2.24) is 15.0 Å². The molecule has 0 saturated heterocycles. The van der Waals surface area contributed by atoms with E-state index in [1.807, 2.05) is 48.8 Å². The molecule has 0 aliphatic carbocycles. The van der Waals surface area contributed by atoms with Crippen LogP contribution in [-0.4, -0.2) is 15.0 Å². The lowest BCUT2D eigenvalue weighted by atomic mass is 10.1. The van der Waals surface area contributed by atoms with Gasteiger partial charge in [-0.3, -0.25) is 9.97 Å². The molecule has 0 aliphatic rings. The third-order valence-corrected chi connectivity index (χ3v) is 5.01. The minimum absolute atomic E-state index is 0.682. The van der Waals surface area contributed by atoms with Crippen LogP contribution in [-0.2, 0) is 13.1 Å². The molecule has 0 bridgehead atoms. The molecular formula is C25H21N5. The van der Waals surface area contributed by atoms with Gasteiger partial charge < -0.3 is 10.6 Å². The van der Waals surface area contributed by atoms with Gasteiger partial charge in [-0.25, -0.2) is 4.98 Å². The van der Waals surface area contributed by atoms with Crippen molar-refractivity contribution in [3.05, 3.63) is 103 Å². The lowest BCUT2D eigenvalue weighted by Gasteiger charge is -2.10. The predicted octanol–water partition coefficient (Wildman–Crippen LogP) is 5.40. The van der Waals surface area contributed by atoms with Gasteiger partial charge in [0.2, 0.25) is 0 Å². The first-order valence-electron chi connectivity index (χ1n) is 9.96. The quantitative estimate of drug-likeness (QED) is 0.379. The second-order valence-corrected chi connectivity index (χ2v) is 7.15. The molecule has 0 amide bonds. The summed E-state index contributed by atoms with van der Waals surface area (Å²) in [7, 11) is 0. The normalized spacial score (nSPS) is 10.9. The average molecular weight is 391 g/mol. The lowest BCUT2D eigenvalue weighted by Crippen LogP contribution is -2.01. The lowest BCUT2D eigenvalue weighted by molar-refractivity contribution is 1.05. The van der Waals surface area contributed by atoms with Crippen molar-refractivity contribution in [2.24, 2.45) is 0 Å². The fourth-order valence-corrected chi connectivity index (χ4v) is 3.43. The highest BCUT2D eigenvalue weighted by atomic mass is 14.9. The maximum absolute atomic E-state index is 4.90. The van der Waals surface area contributed by atoms with Crippen LogP contribution in [0.25, 0.3) is 21.8 Å². The largest absolute Gasteiger partial charge is 0.379 e. The van der Waals surface area contributed by atoms with Crippen molar-refractivity contribution >= 4 is 33.2 Å². The number of nitrogens with zero attached hydrogens (tertiary/aromatic N) is 3. The second-order valence-electron chi connectivity index (χ2n) is 7.15. The zero-order chi connectivity index (χ0) is 20.2. The van der Waals surface area contributed by atoms with Gasteiger partial charge in [-0.05, 0) is 54.6 Å². The fraction of sp³-hybridized carbons (Fsp3) is 0.0800. The number of aromatic nitrogens is 3. The molecule has 0 atom stereocenters. The summed E-state index contributed by atoms with van der Waals surface area (Å²) in [5.41, 5.74) is 6.01. The number of nitrogens with one attached hydrogen (secondary N) is 2. The van der Waals surface area contributed by atoms with Gasteiger partial charge in [0.25, 0.3) is 0 Å². The highest BCUT2D eigenvalue weighted by Crippen LogP contribution is 2.25. The molecule has 2 aromatic carbocycles. The highest BCUT2D eigenvalue weighted by molar-refractivity contribution is 5.95. The Morgan fingerprint density at radius 3 is 1.57 bits per heavy atom. The number of hydrogen-bond donors (Lipinski definition) is 2. The van der Waals surface area contributed by atoms with Crippen molar-refractivity contribution in [2.45, 2.75) is 13.1 Å². The van der Waals surface area contributed by atoms with Gasteiger partial charge in [-0.1, -0.05) is 24.3 Å². The van der Waals surface area contributed by atoms with Crippen LogP contribution < -0.4 is 10.6 Å². The SMILES string of the molecule is c1ccc(CNc2ccc3cc4ccc(NCc5ccccn5)cc4nc3c2)nc1. The van der Waals surface area contributed by atoms with Gasteiger partial charge >= 0.3 is 0 Å². The summed E-state index contributed by atoms with van der Waals surface area (Å²) >= 11 is 0. The summed E-state index contributed by atoms with van der Waals surface area (Å²) in [4.78, 5) is 13.6. The van der Waals surface area contributed by atoms with Crippen LogP contribution in [0.15, 0.2) is 91.3 Å². The first kappa shape index (κ1) is 18.1. The molecule has 5 heteroatoms. The van der Waals surface area contributed by atoms with Crippen LogP contribution in [0.4, 0.5) is 11.4 Å². The molecule has 0 fully saturated rings. The Morgan fingerprint density at radius 1 is 0.567 bits per heavy atom.